The third-order valence-corrected chi connectivity index (χ3v) is 2.74. The second-order valence-corrected chi connectivity index (χ2v) is 4.80. The number of ether oxygens (including phenoxy) is 2. The molecule has 0 heterocycles. The van der Waals surface area contributed by atoms with Crippen molar-refractivity contribution < 1.29 is 14.3 Å². The van der Waals surface area contributed by atoms with Gasteiger partial charge in [-0.15, -0.1) is 0 Å². The van der Waals surface area contributed by atoms with Crippen LogP contribution in [0.1, 0.15) is 46.1 Å². The molecular formula is C17H24O3. The molecule has 3 nitrogen and oxygen atoms in total. The summed E-state index contributed by atoms with van der Waals surface area (Å²) in [6.07, 6.45) is 3.53. The van der Waals surface area contributed by atoms with Gasteiger partial charge in [0.2, 0.25) is 0 Å². The smallest absolute Gasteiger partial charge is 0.161 e. The largest absolute Gasteiger partial charge is 0.490 e. The number of carbonyl (C=O) groups excluding carboxylic acids is 1. The molecule has 0 aliphatic heterocycles. The molecule has 0 amide bonds. The fraction of sp³-hybridized carbons (Fsp3) is 0.471. The first kappa shape index (κ1) is 16.3. The van der Waals surface area contributed by atoms with E-state index in [-0.39, 0.29) is 5.78 Å². The molecule has 1 aromatic rings. The van der Waals surface area contributed by atoms with Gasteiger partial charge in [0.15, 0.2) is 17.3 Å². The highest BCUT2D eigenvalue weighted by Gasteiger charge is 2.08. The Kier molecular flexibility index (Phi) is 6.85. The molecule has 0 aliphatic rings. The first-order valence-electron chi connectivity index (χ1n) is 7.17. The Hall–Kier alpha value is -1.77. The summed E-state index contributed by atoms with van der Waals surface area (Å²) in [6, 6.07) is 5.81. The normalized spacial score (nSPS) is 11.3. The summed E-state index contributed by atoms with van der Waals surface area (Å²) in [5, 5.41) is 0. The van der Waals surface area contributed by atoms with Gasteiger partial charge in [-0.1, -0.05) is 19.9 Å². The molecule has 0 N–H and O–H groups in total. The molecular weight excluding hydrogens is 252 g/mol. The Balaban J connectivity index is 3.02. The predicted molar refractivity (Wildman–Crippen MR) is 82.3 cm³/mol. The highest BCUT2D eigenvalue weighted by Crippen LogP contribution is 2.31. The van der Waals surface area contributed by atoms with Gasteiger partial charge in [0.1, 0.15) is 0 Å². The Labute approximate surface area is 121 Å². The van der Waals surface area contributed by atoms with E-state index >= 15 is 0 Å². The fourth-order valence-electron chi connectivity index (χ4n) is 1.80. The van der Waals surface area contributed by atoms with Crippen molar-refractivity contribution in [1.29, 1.82) is 0 Å². The van der Waals surface area contributed by atoms with Crippen LogP contribution in [0.3, 0.4) is 0 Å². The topological polar surface area (TPSA) is 35.5 Å². The van der Waals surface area contributed by atoms with Crippen LogP contribution < -0.4 is 9.47 Å². The van der Waals surface area contributed by atoms with E-state index in [0.29, 0.717) is 13.2 Å². The number of hydrogen-bond donors (Lipinski definition) is 0. The second kappa shape index (κ2) is 8.41. The molecule has 0 bridgehead atoms. The number of carbonyl (C=O) groups is 1. The molecule has 1 rings (SSSR count). The summed E-state index contributed by atoms with van der Waals surface area (Å²) in [6.45, 7) is 8.94. The van der Waals surface area contributed by atoms with Crippen molar-refractivity contribution in [3.05, 3.63) is 29.8 Å². The average Bonchev–Trinajstić information content (AvgIpc) is 2.42. The summed E-state index contributed by atoms with van der Waals surface area (Å²) in [4.78, 5) is 11.2. The molecule has 20 heavy (non-hydrogen) atoms. The minimum Gasteiger partial charge on any atom is -0.490 e. The van der Waals surface area contributed by atoms with Gasteiger partial charge in [0.25, 0.3) is 0 Å². The van der Waals surface area contributed by atoms with Crippen LogP contribution in [0, 0.1) is 0 Å². The van der Waals surface area contributed by atoms with Crippen LogP contribution in [0.15, 0.2) is 24.3 Å². The highest BCUT2D eigenvalue weighted by atomic mass is 16.5. The van der Waals surface area contributed by atoms with Crippen molar-refractivity contribution in [3.8, 4) is 11.5 Å². The molecule has 0 radical (unpaired) electrons. The van der Waals surface area contributed by atoms with E-state index in [2.05, 4.69) is 13.8 Å². The lowest BCUT2D eigenvalue weighted by atomic mass is 10.1. The standard InChI is InChI=1S/C17H24O3/c1-5-9-19-16-8-7-15(13(3)11-14(4)18)12-17(16)20-10-6-2/h7-8,11-12H,5-6,9-10H2,1-4H3/b13-11+. The second-order valence-electron chi connectivity index (χ2n) is 4.80. The van der Waals surface area contributed by atoms with E-state index in [0.717, 1.165) is 35.5 Å². The number of allylic oxidation sites excluding steroid dienone is 2. The molecule has 0 fully saturated rings. The Morgan fingerprint density at radius 1 is 1.05 bits per heavy atom. The molecule has 0 unspecified atom stereocenters. The molecule has 0 aliphatic carbocycles. The molecule has 0 spiro atoms. The van der Waals surface area contributed by atoms with E-state index in [4.69, 9.17) is 9.47 Å². The fourth-order valence-corrected chi connectivity index (χ4v) is 1.80. The first-order chi connectivity index (χ1) is 9.58. The molecule has 0 saturated carbocycles. The maximum Gasteiger partial charge on any atom is 0.161 e. The van der Waals surface area contributed by atoms with E-state index in [1.54, 1.807) is 13.0 Å². The zero-order chi connectivity index (χ0) is 15.0. The monoisotopic (exact) mass is 276 g/mol. The third-order valence-electron chi connectivity index (χ3n) is 2.74. The molecule has 110 valence electrons. The van der Waals surface area contributed by atoms with E-state index in [1.165, 1.54) is 0 Å². The Morgan fingerprint density at radius 3 is 2.20 bits per heavy atom. The molecule has 0 aromatic heterocycles. The number of hydrogen-bond acceptors (Lipinski definition) is 3. The zero-order valence-electron chi connectivity index (χ0n) is 12.9. The van der Waals surface area contributed by atoms with Crippen molar-refractivity contribution in [2.45, 2.75) is 40.5 Å². The molecule has 0 atom stereocenters. The van der Waals surface area contributed by atoms with Crippen LogP contribution in [-0.2, 0) is 4.79 Å². The van der Waals surface area contributed by atoms with Crippen LogP contribution in [0.2, 0.25) is 0 Å². The lowest BCUT2D eigenvalue weighted by Gasteiger charge is -2.13. The van der Waals surface area contributed by atoms with Gasteiger partial charge < -0.3 is 9.47 Å². The van der Waals surface area contributed by atoms with Crippen molar-refractivity contribution >= 4 is 11.4 Å². The molecule has 1 aromatic carbocycles. The first-order valence-corrected chi connectivity index (χ1v) is 7.17. The predicted octanol–water partition coefficient (Wildman–Crippen LogP) is 4.26. The van der Waals surface area contributed by atoms with Gasteiger partial charge in [-0.2, -0.15) is 0 Å². The number of rotatable bonds is 8. The van der Waals surface area contributed by atoms with Crippen LogP contribution in [0.4, 0.5) is 0 Å². The minimum atomic E-state index is 0.0461. The highest BCUT2D eigenvalue weighted by molar-refractivity contribution is 5.94. The van der Waals surface area contributed by atoms with Crippen molar-refractivity contribution in [3.63, 3.8) is 0 Å². The van der Waals surface area contributed by atoms with Crippen LogP contribution in [0.25, 0.3) is 5.57 Å². The van der Waals surface area contributed by atoms with Crippen LogP contribution in [0.5, 0.6) is 11.5 Å². The van der Waals surface area contributed by atoms with Gasteiger partial charge in [0, 0.05) is 0 Å². The Bertz CT molecular complexity index is 475. The van der Waals surface area contributed by atoms with Crippen LogP contribution >= 0.6 is 0 Å². The summed E-state index contributed by atoms with van der Waals surface area (Å²) in [7, 11) is 0. The summed E-state index contributed by atoms with van der Waals surface area (Å²) >= 11 is 0. The van der Waals surface area contributed by atoms with Gasteiger partial charge in [-0.05, 0) is 56.0 Å². The summed E-state index contributed by atoms with van der Waals surface area (Å²) in [5.41, 5.74) is 1.91. The zero-order valence-corrected chi connectivity index (χ0v) is 12.9. The third kappa shape index (κ3) is 5.08. The maximum absolute atomic E-state index is 11.2. The van der Waals surface area contributed by atoms with Gasteiger partial charge >= 0.3 is 0 Å². The summed E-state index contributed by atoms with van der Waals surface area (Å²) < 4.78 is 11.4. The SMILES string of the molecule is CCCOc1ccc(/C(C)=C/C(C)=O)cc1OCCC. The van der Waals surface area contributed by atoms with Gasteiger partial charge in [0.05, 0.1) is 13.2 Å². The van der Waals surface area contributed by atoms with Crippen LogP contribution in [-0.4, -0.2) is 19.0 Å². The van der Waals surface area contributed by atoms with E-state index in [1.807, 2.05) is 25.1 Å². The van der Waals surface area contributed by atoms with Crippen molar-refractivity contribution in [2.24, 2.45) is 0 Å². The lowest BCUT2D eigenvalue weighted by Crippen LogP contribution is -2.01. The molecule has 0 saturated heterocycles. The van der Waals surface area contributed by atoms with E-state index < -0.39 is 0 Å². The maximum atomic E-state index is 11.2. The van der Waals surface area contributed by atoms with E-state index in [9.17, 15) is 4.79 Å². The minimum absolute atomic E-state index is 0.0461. The quantitative estimate of drug-likeness (QED) is 0.666. The Morgan fingerprint density at radius 2 is 1.65 bits per heavy atom. The number of ketones is 1. The summed E-state index contributed by atoms with van der Waals surface area (Å²) in [5.74, 6) is 1.55. The average molecular weight is 276 g/mol. The number of benzene rings is 1. The molecule has 3 heteroatoms. The van der Waals surface area contributed by atoms with Crippen molar-refractivity contribution in [1.82, 2.24) is 0 Å². The van der Waals surface area contributed by atoms with Crippen molar-refractivity contribution in [2.75, 3.05) is 13.2 Å². The van der Waals surface area contributed by atoms with Gasteiger partial charge in [-0.3, -0.25) is 4.79 Å². The van der Waals surface area contributed by atoms with Gasteiger partial charge in [-0.25, -0.2) is 0 Å². The lowest BCUT2D eigenvalue weighted by molar-refractivity contribution is -0.112.